The van der Waals surface area contributed by atoms with Crippen molar-refractivity contribution >= 4 is 27.4 Å². The molecule has 0 unspecified atom stereocenters. The van der Waals surface area contributed by atoms with E-state index in [2.05, 4.69) is 74.0 Å². The Morgan fingerprint density at radius 3 is 2.70 bits per heavy atom. The second-order valence-electron chi connectivity index (χ2n) is 7.42. The van der Waals surface area contributed by atoms with Crippen LogP contribution >= 0.6 is 0 Å². The number of nitrogens with zero attached hydrogens (tertiary/aromatic N) is 1. The maximum Gasteiger partial charge on any atom is 0.0492 e. The van der Waals surface area contributed by atoms with Crippen LogP contribution in [0.25, 0.3) is 27.4 Å². The highest BCUT2D eigenvalue weighted by molar-refractivity contribution is 6.12. The second kappa shape index (κ2) is 4.17. The van der Waals surface area contributed by atoms with Gasteiger partial charge in [-0.2, -0.15) is 0 Å². The third-order valence-corrected chi connectivity index (χ3v) is 5.87. The normalized spacial score (nSPS) is 18.7. The molecule has 0 saturated carbocycles. The number of rotatable bonds is 0. The van der Waals surface area contributed by atoms with Gasteiger partial charge in [-0.3, -0.25) is 0 Å². The van der Waals surface area contributed by atoms with Crippen molar-refractivity contribution in [1.29, 1.82) is 0 Å². The van der Waals surface area contributed by atoms with Gasteiger partial charge in [0.15, 0.2) is 0 Å². The molecule has 5 rings (SSSR count). The Bertz CT molecular complexity index is 1040. The fraction of sp³-hybridized carbons (Fsp3) is 0.273. The maximum atomic E-state index is 2.39. The molecule has 2 aliphatic carbocycles. The minimum absolute atomic E-state index is 0.0885. The number of aromatic nitrogens is 1. The van der Waals surface area contributed by atoms with Crippen molar-refractivity contribution in [2.45, 2.75) is 32.1 Å². The number of para-hydroxylation sites is 1. The lowest BCUT2D eigenvalue weighted by molar-refractivity contribution is 0.657. The molecule has 0 fully saturated rings. The van der Waals surface area contributed by atoms with Crippen molar-refractivity contribution in [3.8, 4) is 0 Å². The summed E-state index contributed by atoms with van der Waals surface area (Å²) < 4.78 is 2.34. The first-order valence-electron chi connectivity index (χ1n) is 8.52. The zero-order chi connectivity index (χ0) is 15.8. The third-order valence-electron chi connectivity index (χ3n) is 5.87. The first kappa shape index (κ1) is 13.2. The molecule has 0 amide bonds. The molecule has 114 valence electrons. The SMILES string of the molecule is Cn1c2ccccc2c2c3c(ccc21)C1=C(C=CCC1)C3(C)C. The van der Waals surface area contributed by atoms with Gasteiger partial charge >= 0.3 is 0 Å². The van der Waals surface area contributed by atoms with E-state index in [1.54, 1.807) is 5.57 Å². The van der Waals surface area contributed by atoms with E-state index in [1.165, 1.54) is 51.3 Å². The van der Waals surface area contributed by atoms with E-state index >= 15 is 0 Å². The maximum absolute atomic E-state index is 2.39. The Balaban J connectivity index is 1.99. The van der Waals surface area contributed by atoms with Crippen LogP contribution in [-0.4, -0.2) is 4.57 Å². The van der Waals surface area contributed by atoms with Gasteiger partial charge in [0.2, 0.25) is 0 Å². The van der Waals surface area contributed by atoms with Gasteiger partial charge in [-0.1, -0.05) is 50.3 Å². The molecular formula is C22H21N. The average Bonchev–Trinajstić information content (AvgIpc) is 2.99. The van der Waals surface area contributed by atoms with Crippen LogP contribution in [0.1, 0.15) is 37.8 Å². The summed E-state index contributed by atoms with van der Waals surface area (Å²) in [5.41, 5.74) is 8.88. The Hall–Kier alpha value is -2.28. The van der Waals surface area contributed by atoms with Crippen LogP contribution in [0, 0.1) is 0 Å². The first-order valence-corrected chi connectivity index (χ1v) is 8.52. The molecule has 1 nitrogen and oxygen atoms in total. The molecule has 2 aliphatic rings. The van der Waals surface area contributed by atoms with Crippen LogP contribution in [0.5, 0.6) is 0 Å². The zero-order valence-electron chi connectivity index (χ0n) is 14.0. The minimum Gasteiger partial charge on any atom is -0.344 e. The number of hydrogen-bond acceptors (Lipinski definition) is 0. The number of fused-ring (bicyclic) bond motifs is 6. The molecule has 0 spiro atoms. The van der Waals surface area contributed by atoms with Gasteiger partial charge < -0.3 is 4.57 Å². The lowest BCUT2D eigenvalue weighted by Gasteiger charge is -2.25. The largest absolute Gasteiger partial charge is 0.344 e. The van der Waals surface area contributed by atoms with Gasteiger partial charge in [-0.05, 0) is 47.2 Å². The molecule has 0 aliphatic heterocycles. The molecule has 1 aromatic heterocycles. The van der Waals surface area contributed by atoms with Crippen molar-refractivity contribution in [2.24, 2.45) is 7.05 Å². The predicted molar refractivity (Wildman–Crippen MR) is 98.7 cm³/mol. The van der Waals surface area contributed by atoms with Crippen LogP contribution in [-0.2, 0) is 12.5 Å². The van der Waals surface area contributed by atoms with Crippen molar-refractivity contribution in [1.82, 2.24) is 4.57 Å². The highest BCUT2D eigenvalue weighted by atomic mass is 14.9. The van der Waals surface area contributed by atoms with Crippen LogP contribution in [0.3, 0.4) is 0 Å². The van der Waals surface area contributed by atoms with Crippen molar-refractivity contribution in [3.05, 3.63) is 65.3 Å². The summed E-state index contributed by atoms with van der Waals surface area (Å²) in [5.74, 6) is 0. The number of allylic oxidation sites excluding steroid dienone is 4. The molecule has 0 bridgehead atoms. The van der Waals surface area contributed by atoms with Gasteiger partial charge in [-0.25, -0.2) is 0 Å². The fourth-order valence-electron chi connectivity index (χ4n) is 4.82. The molecule has 1 heteroatoms. The first-order chi connectivity index (χ1) is 11.1. The summed E-state index contributed by atoms with van der Waals surface area (Å²) in [6, 6.07) is 13.5. The molecule has 0 radical (unpaired) electrons. The lowest BCUT2D eigenvalue weighted by Crippen LogP contribution is -2.17. The van der Waals surface area contributed by atoms with Crippen molar-refractivity contribution < 1.29 is 0 Å². The third kappa shape index (κ3) is 1.48. The van der Waals surface area contributed by atoms with E-state index < -0.39 is 0 Å². The second-order valence-corrected chi connectivity index (χ2v) is 7.42. The average molecular weight is 299 g/mol. The Morgan fingerprint density at radius 1 is 1.00 bits per heavy atom. The Morgan fingerprint density at radius 2 is 1.83 bits per heavy atom. The molecular weight excluding hydrogens is 278 g/mol. The van der Waals surface area contributed by atoms with E-state index in [1.807, 2.05) is 0 Å². The molecule has 2 aromatic carbocycles. The van der Waals surface area contributed by atoms with Crippen LogP contribution in [0.4, 0.5) is 0 Å². The topological polar surface area (TPSA) is 4.93 Å². The summed E-state index contributed by atoms with van der Waals surface area (Å²) in [6.07, 6.45) is 7.06. The van der Waals surface area contributed by atoms with Gasteiger partial charge in [-0.15, -0.1) is 0 Å². The summed E-state index contributed by atoms with van der Waals surface area (Å²) >= 11 is 0. The van der Waals surface area contributed by atoms with Gasteiger partial charge in [0.25, 0.3) is 0 Å². The number of benzene rings is 2. The monoisotopic (exact) mass is 299 g/mol. The highest BCUT2D eigenvalue weighted by Gasteiger charge is 2.39. The molecule has 0 N–H and O–H groups in total. The molecule has 1 heterocycles. The smallest absolute Gasteiger partial charge is 0.0492 e. The molecule has 0 saturated heterocycles. The van der Waals surface area contributed by atoms with Crippen molar-refractivity contribution in [2.75, 3.05) is 0 Å². The molecule has 3 aromatic rings. The fourth-order valence-corrected chi connectivity index (χ4v) is 4.82. The summed E-state index contributed by atoms with van der Waals surface area (Å²) in [7, 11) is 2.19. The highest BCUT2D eigenvalue weighted by Crippen LogP contribution is 2.53. The number of hydrogen-bond donors (Lipinski definition) is 0. The summed E-state index contributed by atoms with van der Waals surface area (Å²) in [6.45, 7) is 4.79. The Kier molecular flexibility index (Phi) is 2.39. The summed E-state index contributed by atoms with van der Waals surface area (Å²) in [5, 5.41) is 2.84. The van der Waals surface area contributed by atoms with E-state index in [0.29, 0.717) is 0 Å². The lowest BCUT2D eigenvalue weighted by atomic mass is 9.78. The van der Waals surface area contributed by atoms with Gasteiger partial charge in [0, 0.05) is 34.3 Å². The van der Waals surface area contributed by atoms with Crippen LogP contribution < -0.4 is 0 Å². The molecule has 0 atom stereocenters. The quantitative estimate of drug-likeness (QED) is 0.500. The molecule has 23 heavy (non-hydrogen) atoms. The van der Waals surface area contributed by atoms with E-state index in [0.717, 1.165) is 0 Å². The minimum atomic E-state index is 0.0885. The standard InChI is InChI=1S/C22H21N/c1-22(2)17-10-6-4-8-14(17)15-12-13-19-20(21(15)22)16-9-5-7-11-18(16)23(19)3/h5-7,9-13H,4,8H2,1-3H3. The van der Waals surface area contributed by atoms with Gasteiger partial charge in [0.1, 0.15) is 0 Å². The van der Waals surface area contributed by atoms with Crippen LogP contribution in [0.2, 0.25) is 0 Å². The van der Waals surface area contributed by atoms with E-state index in [-0.39, 0.29) is 5.41 Å². The summed E-state index contributed by atoms with van der Waals surface area (Å²) in [4.78, 5) is 0. The van der Waals surface area contributed by atoms with Crippen molar-refractivity contribution in [3.63, 3.8) is 0 Å². The zero-order valence-corrected chi connectivity index (χ0v) is 14.0. The Labute approximate surface area is 136 Å². The number of aryl methyl sites for hydroxylation is 1. The van der Waals surface area contributed by atoms with Gasteiger partial charge in [0.05, 0.1) is 0 Å². The predicted octanol–water partition coefficient (Wildman–Crippen LogP) is 5.73. The van der Waals surface area contributed by atoms with Crippen LogP contribution in [0.15, 0.2) is 54.1 Å². The van der Waals surface area contributed by atoms with E-state index in [4.69, 9.17) is 0 Å². The van der Waals surface area contributed by atoms with E-state index in [9.17, 15) is 0 Å².